The Labute approximate surface area is 165 Å². The van der Waals surface area contributed by atoms with Crippen molar-refractivity contribution in [2.45, 2.75) is 37.7 Å². The van der Waals surface area contributed by atoms with Gasteiger partial charge in [0, 0.05) is 19.9 Å². The zero-order chi connectivity index (χ0) is 20.0. The first-order valence-corrected chi connectivity index (χ1v) is 9.75. The molecule has 5 nitrogen and oxygen atoms in total. The first-order valence-electron chi connectivity index (χ1n) is 9.75. The van der Waals surface area contributed by atoms with Crippen molar-refractivity contribution in [3.63, 3.8) is 0 Å². The third-order valence-corrected chi connectivity index (χ3v) is 5.63. The molecule has 3 rings (SSSR count). The predicted molar refractivity (Wildman–Crippen MR) is 107 cm³/mol. The maximum Gasteiger partial charge on any atom is 0.314 e. The number of rotatable bonds is 7. The minimum atomic E-state index is -0.813. The SMILES string of the molecule is CC(=O)O[C@@H](CCN1CCC(C(=O)O)(c2ccccc2)CC1)c1ccccc1. The molecule has 0 radical (unpaired) electrons. The van der Waals surface area contributed by atoms with Crippen molar-refractivity contribution >= 4 is 11.9 Å². The smallest absolute Gasteiger partial charge is 0.314 e. The first kappa shape index (κ1) is 20.1. The van der Waals surface area contributed by atoms with Crippen LogP contribution < -0.4 is 0 Å². The molecule has 28 heavy (non-hydrogen) atoms. The van der Waals surface area contributed by atoms with Crippen LogP contribution in [0.4, 0.5) is 0 Å². The average molecular weight is 381 g/mol. The van der Waals surface area contributed by atoms with Gasteiger partial charge in [0.1, 0.15) is 6.10 Å². The van der Waals surface area contributed by atoms with E-state index >= 15 is 0 Å². The number of nitrogens with zero attached hydrogens (tertiary/aromatic N) is 1. The highest BCUT2D eigenvalue weighted by Crippen LogP contribution is 2.36. The van der Waals surface area contributed by atoms with Gasteiger partial charge in [0.15, 0.2) is 0 Å². The van der Waals surface area contributed by atoms with E-state index in [9.17, 15) is 14.7 Å². The number of carbonyl (C=O) groups is 2. The molecule has 0 spiro atoms. The molecule has 0 unspecified atom stereocenters. The summed E-state index contributed by atoms with van der Waals surface area (Å²) in [5.41, 5.74) is 1.05. The average Bonchev–Trinajstić information content (AvgIpc) is 2.72. The van der Waals surface area contributed by atoms with Gasteiger partial charge in [0.25, 0.3) is 0 Å². The molecule has 2 aromatic rings. The molecular weight excluding hydrogens is 354 g/mol. The first-order chi connectivity index (χ1) is 13.5. The van der Waals surface area contributed by atoms with Crippen LogP contribution >= 0.6 is 0 Å². The molecular formula is C23H27NO4. The molecule has 0 aromatic heterocycles. The van der Waals surface area contributed by atoms with Gasteiger partial charge in [0.2, 0.25) is 0 Å². The van der Waals surface area contributed by atoms with Crippen molar-refractivity contribution in [2.75, 3.05) is 19.6 Å². The van der Waals surface area contributed by atoms with Crippen LogP contribution in [0.2, 0.25) is 0 Å². The lowest BCUT2D eigenvalue weighted by atomic mass is 9.73. The molecule has 0 amide bonds. The molecule has 1 N–H and O–H groups in total. The van der Waals surface area contributed by atoms with E-state index in [2.05, 4.69) is 4.90 Å². The molecule has 1 aliphatic heterocycles. The monoisotopic (exact) mass is 381 g/mol. The molecule has 0 saturated carbocycles. The second kappa shape index (κ2) is 9.02. The summed E-state index contributed by atoms with van der Waals surface area (Å²) >= 11 is 0. The van der Waals surface area contributed by atoms with Gasteiger partial charge >= 0.3 is 11.9 Å². The van der Waals surface area contributed by atoms with Gasteiger partial charge in [-0.15, -0.1) is 0 Å². The van der Waals surface area contributed by atoms with Gasteiger partial charge in [-0.25, -0.2) is 0 Å². The minimum Gasteiger partial charge on any atom is -0.481 e. The van der Waals surface area contributed by atoms with Gasteiger partial charge in [-0.1, -0.05) is 60.7 Å². The van der Waals surface area contributed by atoms with E-state index in [0.29, 0.717) is 32.4 Å². The zero-order valence-corrected chi connectivity index (χ0v) is 16.2. The Balaban J connectivity index is 1.63. The maximum atomic E-state index is 12.1. The van der Waals surface area contributed by atoms with E-state index in [1.807, 2.05) is 60.7 Å². The number of carboxylic acids is 1. The molecule has 0 aliphatic carbocycles. The van der Waals surface area contributed by atoms with E-state index in [1.165, 1.54) is 6.92 Å². The summed E-state index contributed by atoms with van der Waals surface area (Å²) in [4.78, 5) is 25.8. The summed E-state index contributed by atoms with van der Waals surface area (Å²) in [7, 11) is 0. The minimum absolute atomic E-state index is 0.279. The van der Waals surface area contributed by atoms with Crippen LogP contribution in [-0.4, -0.2) is 41.6 Å². The molecule has 1 aliphatic rings. The maximum absolute atomic E-state index is 12.1. The highest BCUT2D eigenvalue weighted by Gasteiger charge is 2.42. The molecule has 5 heteroatoms. The number of hydrogen-bond donors (Lipinski definition) is 1. The number of ether oxygens (including phenoxy) is 1. The number of hydrogen-bond acceptors (Lipinski definition) is 4. The zero-order valence-electron chi connectivity index (χ0n) is 16.2. The Bertz CT molecular complexity index is 783. The fourth-order valence-corrected chi connectivity index (χ4v) is 4.00. The fraction of sp³-hybridized carbons (Fsp3) is 0.391. The molecule has 0 bridgehead atoms. The largest absolute Gasteiger partial charge is 0.481 e. The predicted octanol–water partition coefficient (Wildman–Crippen LogP) is 3.80. The van der Waals surface area contributed by atoms with Crippen LogP contribution in [0.3, 0.4) is 0 Å². The van der Waals surface area contributed by atoms with Crippen molar-refractivity contribution in [2.24, 2.45) is 0 Å². The number of carbonyl (C=O) groups excluding carboxylic acids is 1. The van der Waals surface area contributed by atoms with Gasteiger partial charge < -0.3 is 14.7 Å². The summed E-state index contributed by atoms with van der Waals surface area (Å²) in [5, 5.41) is 9.92. The second-order valence-corrected chi connectivity index (χ2v) is 7.39. The third kappa shape index (κ3) is 4.60. The van der Waals surface area contributed by atoms with Gasteiger partial charge in [0.05, 0.1) is 5.41 Å². The number of carboxylic acid groups (broad SMARTS) is 1. The van der Waals surface area contributed by atoms with Crippen molar-refractivity contribution in [3.05, 3.63) is 71.8 Å². The van der Waals surface area contributed by atoms with E-state index in [4.69, 9.17) is 4.74 Å². The second-order valence-electron chi connectivity index (χ2n) is 7.39. The van der Waals surface area contributed by atoms with Crippen molar-refractivity contribution in [1.82, 2.24) is 4.90 Å². The molecule has 2 aromatic carbocycles. The molecule has 148 valence electrons. The Kier molecular flexibility index (Phi) is 6.47. The van der Waals surface area contributed by atoms with E-state index in [-0.39, 0.29) is 12.1 Å². The quantitative estimate of drug-likeness (QED) is 0.739. The van der Waals surface area contributed by atoms with Crippen molar-refractivity contribution in [3.8, 4) is 0 Å². The van der Waals surface area contributed by atoms with Crippen LogP contribution in [0.5, 0.6) is 0 Å². The van der Waals surface area contributed by atoms with Crippen molar-refractivity contribution in [1.29, 1.82) is 0 Å². The third-order valence-electron chi connectivity index (χ3n) is 5.63. The van der Waals surface area contributed by atoms with E-state index in [1.54, 1.807) is 0 Å². The lowest BCUT2D eigenvalue weighted by molar-refractivity contribution is -0.148. The summed E-state index contributed by atoms with van der Waals surface area (Å²) in [6, 6.07) is 19.3. The highest BCUT2D eigenvalue weighted by atomic mass is 16.5. The standard InChI is InChI=1S/C23H27NO4/c1-18(25)28-21(19-8-4-2-5-9-19)12-15-24-16-13-23(14-17-24,22(26)27)20-10-6-3-7-11-20/h2-11,21H,12-17H2,1H3,(H,26,27)/t21-/m0/s1. The Morgan fingerprint density at radius 3 is 2.14 bits per heavy atom. The Hall–Kier alpha value is -2.66. The highest BCUT2D eigenvalue weighted by molar-refractivity contribution is 5.81. The molecule has 1 saturated heterocycles. The van der Waals surface area contributed by atoms with E-state index < -0.39 is 11.4 Å². The molecule has 1 atom stereocenters. The lowest BCUT2D eigenvalue weighted by Gasteiger charge is -2.39. The van der Waals surface area contributed by atoms with Gasteiger partial charge in [-0.3, -0.25) is 9.59 Å². The summed E-state index contributed by atoms with van der Waals surface area (Å²) < 4.78 is 5.52. The molecule has 1 heterocycles. The number of esters is 1. The van der Waals surface area contributed by atoms with Crippen LogP contribution in [0.1, 0.15) is 43.4 Å². The number of benzene rings is 2. The lowest BCUT2D eigenvalue weighted by Crippen LogP contribution is -2.47. The van der Waals surface area contributed by atoms with E-state index in [0.717, 1.165) is 17.7 Å². The van der Waals surface area contributed by atoms with Crippen LogP contribution in [0.25, 0.3) is 0 Å². The van der Waals surface area contributed by atoms with Crippen LogP contribution in [0, 0.1) is 0 Å². The van der Waals surface area contributed by atoms with Crippen LogP contribution in [0.15, 0.2) is 60.7 Å². The summed E-state index contributed by atoms with van der Waals surface area (Å²) in [6.45, 7) is 3.61. The Morgan fingerprint density at radius 2 is 1.61 bits per heavy atom. The molecule has 1 fully saturated rings. The Morgan fingerprint density at radius 1 is 1.04 bits per heavy atom. The summed E-state index contributed by atoms with van der Waals surface area (Å²) in [6.07, 6.45) is 1.57. The number of likely N-dealkylation sites (tertiary alicyclic amines) is 1. The summed E-state index contributed by atoms with van der Waals surface area (Å²) in [5.74, 6) is -1.04. The van der Waals surface area contributed by atoms with Gasteiger partial charge in [-0.05, 0) is 37.1 Å². The van der Waals surface area contributed by atoms with Crippen LogP contribution in [-0.2, 0) is 19.7 Å². The number of piperidine rings is 1. The topological polar surface area (TPSA) is 66.8 Å². The number of aliphatic carboxylic acids is 1. The van der Waals surface area contributed by atoms with Crippen molar-refractivity contribution < 1.29 is 19.4 Å². The normalized spacial score (nSPS) is 17.6. The van der Waals surface area contributed by atoms with Gasteiger partial charge in [-0.2, -0.15) is 0 Å². The fourth-order valence-electron chi connectivity index (χ4n) is 4.00.